The minimum absolute atomic E-state index is 0.0539. The summed E-state index contributed by atoms with van der Waals surface area (Å²) in [5, 5.41) is 12.8. The van der Waals surface area contributed by atoms with Gasteiger partial charge in [-0.25, -0.2) is 4.68 Å². The van der Waals surface area contributed by atoms with Gasteiger partial charge in [0, 0.05) is 11.9 Å². The number of nitrogens with zero attached hydrogens (tertiary/aromatic N) is 2. The number of rotatable bonds is 3. The molecule has 0 radical (unpaired) electrons. The van der Waals surface area contributed by atoms with Gasteiger partial charge >= 0.3 is 5.97 Å². The van der Waals surface area contributed by atoms with E-state index in [1.807, 2.05) is 41.9 Å². The molecule has 0 unspecified atom stereocenters. The molecule has 16 heavy (non-hydrogen) atoms. The number of aromatic nitrogens is 2. The van der Waals surface area contributed by atoms with Gasteiger partial charge in [0.1, 0.15) is 0 Å². The second-order valence-corrected chi connectivity index (χ2v) is 3.62. The Balaban J connectivity index is 2.26. The second kappa shape index (κ2) is 4.18. The lowest BCUT2D eigenvalue weighted by molar-refractivity contribution is -0.136. The third-order valence-electron chi connectivity index (χ3n) is 2.37. The Bertz CT molecular complexity index is 500. The van der Waals surface area contributed by atoms with Crippen molar-refractivity contribution in [3.8, 4) is 5.69 Å². The Hall–Kier alpha value is -2.10. The lowest BCUT2D eigenvalue weighted by Gasteiger charge is -2.04. The zero-order valence-electron chi connectivity index (χ0n) is 8.92. The van der Waals surface area contributed by atoms with Crippen LogP contribution in [0.1, 0.15) is 11.3 Å². The highest BCUT2D eigenvalue weighted by atomic mass is 16.4. The third kappa shape index (κ3) is 2.11. The van der Waals surface area contributed by atoms with Crippen LogP contribution in [-0.2, 0) is 11.2 Å². The summed E-state index contributed by atoms with van der Waals surface area (Å²) in [5.74, 6) is -0.817. The molecular weight excluding hydrogens is 204 g/mol. The van der Waals surface area contributed by atoms with Crippen LogP contribution in [0.15, 0.2) is 36.5 Å². The van der Waals surface area contributed by atoms with Gasteiger partial charge < -0.3 is 5.11 Å². The van der Waals surface area contributed by atoms with Gasteiger partial charge in [0.25, 0.3) is 0 Å². The maximum Gasteiger partial charge on any atom is 0.307 e. The zero-order chi connectivity index (χ0) is 11.5. The van der Waals surface area contributed by atoms with Gasteiger partial charge in [-0.1, -0.05) is 12.1 Å². The molecule has 0 saturated carbocycles. The van der Waals surface area contributed by atoms with Crippen molar-refractivity contribution in [2.24, 2.45) is 0 Å². The number of carboxylic acid groups (broad SMARTS) is 1. The highest BCUT2D eigenvalue weighted by molar-refractivity contribution is 5.70. The number of hydrogen-bond acceptors (Lipinski definition) is 2. The van der Waals surface area contributed by atoms with E-state index < -0.39 is 5.97 Å². The van der Waals surface area contributed by atoms with Gasteiger partial charge in [0.15, 0.2) is 0 Å². The molecule has 0 saturated heterocycles. The van der Waals surface area contributed by atoms with Crippen molar-refractivity contribution in [3.05, 3.63) is 47.8 Å². The average molecular weight is 216 g/mol. The number of benzene rings is 1. The van der Waals surface area contributed by atoms with Gasteiger partial charge in [-0.2, -0.15) is 5.10 Å². The Morgan fingerprint density at radius 2 is 2.00 bits per heavy atom. The summed E-state index contributed by atoms with van der Waals surface area (Å²) in [4.78, 5) is 10.5. The molecule has 1 heterocycles. The van der Waals surface area contributed by atoms with Crippen LogP contribution in [0.2, 0.25) is 0 Å². The molecule has 1 aromatic carbocycles. The molecule has 0 atom stereocenters. The first-order chi connectivity index (χ1) is 7.66. The van der Waals surface area contributed by atoms with E-state index in [1.54, 1.807) is 6.20 Å². The maximum atomic E-state index is 10.5. The lowest BCUT2D eigenvalue weighted by atomic mass is 10.1. The zero-order valence-corrected chi connectivity index (χ0v) is 8.92. The molecule has 0 fully saturated rings. The number of aliphatic carboxylic acids is 1. The van der Waals surface area contributed by atoms with Crippen LogP contribution >= 0.6 is 0 Å². The Morgan fingerprint density at radius 1 is 1.31 bits per heavy atom. The molecule has 0 aliphatic carbocycles. The molecule has 4 nitrogen and oxygen atoms in total. The summed E-state index contributed by atoms with van der Waals surface area (Å²) in [5.41, 5.74) is 2.78. The fraction of sp³-hybridized carbons (Fsp3) is 0.167. The van der Waals surface area contributed by atoms with E-state index in [2.05, 4.69) is 5.10 Å². The van der Waals surface area contributed by atoms with Crippen molar-refractivity contribution in [1.82, 2.24) is 9.78 Å². The highest BCUT2D eigenvalue weighted by Gasteiger charge is 2.03. The number of carbonyl (C=O) groups is 1. The van der Waals surface area contributed by atoms with E-state index in [0.29, 0.717) is 0 Å². The molecule has 2 rings (SSSR count). The molecule has 0 bridgehead atoms. The molecule has 82 valence electrons. The van der Waals surface area contributed by atoms with Crippen LogP contribution in [0.5, 0.6) is 0 Å². The SMILES string of the molecule is Cc1ccnn1-c1ccc(CC(=O)O)cc1. The molecule has 2 aromatic rings. The predicted octanol–water partition coefficient (Wildman–Crippen LogP) is 1.81. The molecule has 4 heteroatoms. The van der Waals surface area contributed by atoms with Gasteiger partial charge in [-0.3, -0.25) is 4.79 Å². The van der Waals surface area contributed by atoms with Crippen LogP contribution in [0.25, 0.3) is 5.69 Å². The van der Waals surface area contributed by atoms with E-state index in [9.17, 15) is 4.79 Å². The largest absolute Gasteiger partial charge is 0.481 e. The minimum Gasteiger partial charge on any atom is -0.481 e. The predicted molar refractivity (Wildman–Crippen MR) is 59.6 cm³/mol. The van der Waals surface area contributed by atoms with Gasteiger partial charge in [-0.15, -0.1) is 0 Å². The molecule has 0 spiro atoms. The van der Waals surface area contributed by atoms with E-state index in [4.69, 9.17) is 5.11 Å². The first-order valence-electron chi connectivity index (χ1n) is 4.98. The summed E-state index contributed by atoms with van der Waals surface area (Å²) < 4.78 is 1.81. The molecule has 0 amide bonds. The Morgan fingerprint density at radius 3 is 2.50 bits per heavy atom. The Kier molecular flexibility index (Phi) is 2.72. The van der Waals surface area contributed by atoms with Crippen LogP contribution in [0, 0.1) is 6.92 Å². The fourth-order valence-corrected chi connectivity index (χ4v) is 1.57. The van der Waals surface area contributed by atoms with Gasteiger partial charge in [0.05, 0.1) is 12.1 Å². The van der Waals surface area contributed by atoms with Crippen LogP contribution in [0.3, 0.4) is 0 Å². The van der Waals surface area contributed by atoms with Crippen molar-refractivity contribution >= 4 is 5.97 Å². The van der Waals surface area contributed by atoms with E-state index >= 15 is 0 Å². The molecule has 1 N–H and O–H groups in total. The van der Waals surface area contributed by atoms with Gasteiger partial charge in [-0.05, 0) is 30.7 Å². The van der Waals surface area contributed by atoms with E-state index in [0.717, 1.165) is 16.9 Å². The third-order valence-corrected chi connectivity index (χ3v) is 2.37. The number of aryl methyl sites for hydroxylation is 1. The van der Waals surface area contributed by atoms with Crippen LogP contribution < -0.4 is 0 Å². The lowest BCUT2D eigenvalue weighted by Crippen LogP contribution is -2.01. The van der Waals surface area contributed by atoms with Crippen molar-refractivity contribution in [2.75, 3.05) is 0 Å². The topological polar surface area (TPSA) is 55.1 Å². The van der Waals surface area contributed by atoms with E-state index in [1.165, 1.54) is 0 Å². The average Bonchev–Trinajstić information content (AvgIpc) is 2.65. The summed E-state index contributed by atoms with van der Waals surface area (Å²) in [6, 6.07) is 9.29. The fourth-order valence-electron chi connectivity index (χ4n) is 1.57. The maximum absolute atomic E-state index is 10.5. The monoisotopic (exact) mass is 216 g/mol. The van der Waals surface area contributed by atoms with Crippen LogP contribution in [-0.4, -0.2) is 20.9 Å². The minimum atomic E-state index is -0.817. The Labute approximate surface area is 93.1 Å². The van der Waals surface area contributed by atoms with Crippen molar-refractivity contribution in [2.45, 2.75) is 13.3 Å². The number of hydrogen-bond donors (Lipinski definition) is 1. The summed E-state index contributed by atoms with van der Waals surface area (Å²) in [6.07, 6.45) is 1.79. The van der Waals surface area contributed by atoms with Gasteiger partial charge in [0.2, 0.25) is 0 Å². The normalized spacial score (nSPS) is 10.3. The van der Waals surface area contributed by atoms with Crippen molar-refractivity contribution < 1.29 is 9.90 Å². The highest BCUT2D eigenvalue weighted by Crippen LogP contribution is 2.11. The first kappa shape index (κ1) is 10.4. The summed E-state index contributed by atoms with van der Waals surface area (Å²) in [6.45, 7) is 1.97. The summed E-state index contributed by atoms with van der Waals surface area (Å²) >= 11 is 0. The first-order valence-corrected chi connectivity index (χ1v) is 4.98. The molecule has 0 aliphatic rings. The molecule has 0 aliphatic heterocycles. The molecular formula is C12H12N2O2. The number of carboxylic acids is 1. The van der Waals surface area contributed by atoms with Crippen LogP contribution in [0.4, 0.5) is 0 Å². The van der Waals surface area contributed by atoms with Crippen molar-refractivity contribution in [3.63, 3.8) is 0 Å². The van der Waals surface area contributed by atoms with E-state index in [-0.39, 0.29) is 6.42 Å². The molecule has 1 aromatic heterocycles. The standard InChI is InChI=1S/C12H12N2O2/c1-9-6-7-13-14(9)11-4-2-10(3-5-11)8-12(15)16/h2-7H,8H2,1H3,(H,15,16). The smallest absolute Gasteiger partial charge is 0.307 e. The second-order valence-electron chi connectivity index (χ2n) is 3.62. The van der Waals surface area contributed by atoms with Crippen molar-refractivity contribution in [1.29, 1.82) is 0 Å². The summed E-state index contributed by atoms with van der Waals surface area (Å²) in [7, 11) is 0. The quantitative estimate of drug-likeness (QED) is 0.851.